The van der Waals surface area contributed by atoms with Gasteiger partial charge in [-0.25, -0.2) is 9.18 Å². The predicted octanol–water partition coefficient (Wildman–Crippen LogP) is 5.11. The molecular weight excluding hydrogens is 467 g/mol. The van der Waals surface area contributed by atoms with Gasteiger partial charge in [0, 0.05) is 62.1 Å². The molecule has 3 aliphatic rings. The first kappa shape index (κ1) is 24.3. The van der Waals surface area contributed by atoms with Crippen LogP contribution in [0.1, 0.15) is 37.8 Å². The zero-order valence-corrected chi connectivity index (χ0v) is 21.3. The van der Waals surface area contributed by atoms with E-state index in [1.807, 2.05) is 4.90 Å². The maximum atomic E-state index is 13.5. The maximum absolute atomic E-state index is 13.5. The molecule has 188 valence electrons. The molecule has 0 unspecified atom stereocenters. The number of amides is 2. The van der Waals surface area contributed by atoms with Crippen molar-refractivity contribution in [1.82, 2.24) is 9.80 Å². The molecule has 2 saturated heterocycles. The van der Waals surface area contributed by atoms with Gasteiger partial charge in [0.25, 0.3) is 0 Å². The van der Waals surface area contributed by atoms with Crippen molar-refractivity contribution in [2.45, 2.75) is 44.7 Å². The highest BCUT2D eigenvalue weighted by Gasteiger charge is 2.35. The van der Waals surface area contributed by atoms with Crippen LogP contribution in [0.2, 0.25) is 5.02 Å². The number of nitrogens with zero attached hydrogens (tertiary/aromatic N) is 3. The number of carbonyl (C=O) groups excluding carboxylic acids is 1. The van der Waals surface area contributed by atoms with Gasteiger partial charge in [0.1, 0.15) is 5.82 Å². The fraction of sp³-hybridized carbons (Fsp3) is 0.519. The molecule has 5 rings (SSSR count). The molecule has 1 N–H and O–H groups in total. The normalized spacial score (nSPS) is 21.0. The van der Waals surface area contributed by atoms with Gasteiger partial charge in [0.2, 0.25) is 0 Å². The Balaban J connectivity index is 1.27. The smallest absolute Gasteiger partial charge is 0.322 e. The first-order valence-electron chi connectivity index (χ1n) is 12.5. The predicted molar refractivity (Wildman–Crippen MR) is 138 cm³/mol. The maximum Gasteiger partial charge on any atom is 0.322 e. The number of hydrogen-bond donors (Lipinski definition) is 1. The summed E-state index contributed by atoms with van der Waals surface area (Å²) >= 11 is 5.89. The minimum Gasteiger partial charge on any atom is -0.379 e. The second kappa shape index (κ2) is 9.96. The molecular formula is C27H34ClFN4O2. The van der Waals surface area contributed by atoms with Crippen molar-refractivity contribution in [3.8, 4) is 0 Å². The number of benzene rings is 2. The van der Waals surface area contributed by atoms with Crippen molar-refractivity contribution in [1.29, 1.82) is 0 Å². The van der Waals surface area contributed by atoms with Crippen molar-refractivity contribution in [2.75, 3.05) is 56.2 Å². The fourth-order valence-corrected chi connectivity index (χ4v) is 5.92. The molecule has 0 bridgehead atoms. The van der Waals surface area contributed by atoms with E-state index in [0.717, 1.165) is 52.2 Å². The summed E-state index contributed by atoms with van der Waals surface area (Å²) in [7, 11) is 0. The Morgan fingerprint density at radius 2 is 1.83 bits per heavy atom. The lowest BCUT2D eigenvalue weighted by molar-refractivity contribution is 0.0115. The molecule has 2 amide bonds. The van der Waals surface area contributed by atoms with Gasteiger partial charge in [-0.3, -0.25) is 4.90 Å². The van der Waals surface area contributed by atoms with Crippen molar-refractivity contribution >= 4 is 29.0 Å². The lowest BCUT2D eigenvalue weighted by Gasteiger charge is -2.42. The number of hydrogen-bond acceptors (Lipinski definition) is 4. The molecule has 0 saturated carbocycles. The molecule has 0 aromatic heterocycles. The number of morpholine rings is 1. The highest BCUT2D eigenvalue weighted by atomic mass is 35.5. The van der Waals surface area contributed by atoms with E-state index >= 15 is 0 Å². The molecule has 8 heteroatoms. The molecule has 2 aromatic carbocycles. The minimum absolute atomic E-state index is 0.00541. The summed E-state index contributed by atoms with van der Waals surface area (Å²) < 4.78 is 19.0. The monoisotopic (exact) mass is 500 g/mol. The number of carbonyl (C=O) groups is 1. The number of anilines is 2. The molecule has 0 atom stereocenters. The van der Waals surface area contributed by atoms with Gasteiger partial charge < -0.3 is 19.9 Å². The number of ether oxygens (including phenoxy) is 1. The summed E-state index contributed by atoms with van der Waals surface area (Å²) in [6.45, 7) is 11.3. The summed E-state index contributed by atoms with van der Waals surface area (Å²) in [4.78, 5) is 20.0. The average molecular weight is 501 g/mol. The summed E-state index contributed by atoms with van der Waals surface area (Å²) in [5.74, 6) is -0.501. The number of fused-ring (bicyclic) bond motifs is 1. The van der Waals surface area contributed by atoms with Gasteiger partial charge in [0.15, 0.2) is 0 Å². The zero-order chi connectivity index (χ0) is 24.6. The number of urea groups is 1. The van der Waals surface area contributed by atoms with E-state index in [4.69, 9.17) is 16.3 Å². The molecule has 0 aliphatic carbocycles. The van der Waals surface area contributed by atoms with Gasteiger partial charge in [-0.15, -0.1) is 0 Å². The van der Waals surface area contributed by atoms with E-state index in [0.29, 0.717) is 24.8 Å². The van der Waals surface area contributed by atoms with Crippen molar-refractivity contribution in [3.63, 3.8) is 0 Å². The van der Waals surface area contributed by atoms with E-state index in [1.165, 1.54) is 35.0 Å². The second-order valence-electron chi connectivity index (χ2n) is 10.5. The minimum atomic E-state index is -0.501. The molecule has 2 aromatic rings. The molecule has 35 heavy (non-hydrogen) atoms. The number of piperidine rings is 1. The van der Waals surface area contributed by atoms with Crippen LogP contribution < -0.4 is 10.2 Å². The van der Waals surface area contributed by atoms with Crippen molar-refractivity contribution in [3.05, 3.63) is 58.4 Å². The van der Waals surface area contributed by atoms with Crippen LogP contribution in [0.5, 0.6) is 0 Å². The largest absolute Gasteiger partial charge is 0.379 e. The van der Waals surface area contributed by atoms with Gasteiger partial charge in [-0.2, -0.15) is 0 Å². The highest BCUT2D eigenvalue weighted by Crippen LogP contribution is 2.36. The van der Waals surface area contributed by atoms with Crippen LogP contribution >= 0.6 is 11.6 Å². The third kappa shape index (κ3) is 5.27. The Hall–Kier alpha value is -2.35. The lowest BCUT2D eigenvalue weighted by atomic mass is 9.78. The third-order valence-electron chi connectivity index (χ3n) is 7.62. The van der Waals surface area contributed by atoms with Crippen LogP contribution in [-0.2, 0) is 16.7 Å². The Labute approximate surface area is 212 Å². The lowest BCUT2D eigenvalue weighted by Crippen LogP contribution is -2.49. The Morgan fingerprint density at radius 1 is 1.09 bits per heavy atom. The molecule has 0 radical (unpaired) electrons. The van der Waals surface area contributed by atoms with E-state index in [9.17, 15) is 9.18 Å². The van der Waals surface area contributed by atoms with Gasteiger partial charge >= 0.3 is 6.03 Å². The summed E-state index contributed by atoms with van der Waals surface area (Å²) in [6, 6.07) is 11.4. The van der Waals surface area contributed by atoms with E-state index in [2.05, 4.69) is 47.2 Å². The first-order valence-corrected chi connectivity index (χ1v) is 12.9. The highest BCUT2D eigenvalue weighted by molar-refractivity contribution is 6.31. The van der Waals surface area contributed by atoms with E-state index in [-0.39, 0.29) is 16.5 Å². The van der Waals surface area contributed by atoms with Crippen LogP contribution in [-0.4, -0.2) is 67.8 Å². The molecule has 0 spiro atoms. The van der Waals surface area contributed by atoms with Crippen molar-refractivity contribution in [2.24, 2.45) is 0 Å². The summed E-state index contributed by atoms with van der Waals surface area (Å²) in [6.07, 6.45) is 2.33. The van der Waals surface area contributed by atoms with E-state index in [1.54, 1.807) is 0 Å². The molecule has 2 fully saturated rings. The quantitative estimate of drug-likeness (QED) is 0.636. The van der Waals surface area contributed by atoms with Gasteiger partial charge in [-0.05, 0) is 54.3 Å². The Morgan fingerprint density at radius 3 is 2.54 bits per heavy atom. The summed E-state index contributed by atoms with van der Waals surface area (Å²) in [5.41, 5.74) is 4.02. The molecule has 3 heterocycles. The molecule has 3 aliphatic heterocycles. The zero-order valence-electron chi connectivity index (χ0n) is 20.5. The SMILES string of the molecule is CC1(C)CN(C(=O)Nc2ccc(F)c(Cl)c2)Cc2cc(N3CCC(N4CCOCC4)CC3)ccc21. The standard InChI is InChI=1S/C27H34ClFN4O2/c1-27(2)18-33(26(34)30-20-3-6-25(29)24(28)16-20)17-19-15-22(4-5-23(19)27)31-9-7-21(8-10-31)32-11-13-35-14-12-32/h3-6,15-16,21H,7-14,17-18H2,1-2H3,(H,30,34). The van der Waals surface area contributed by atoms with Crippen LogP contribution in [0.25, 0.3) is 0 Å². The second-order valence-corrected chi connectivity index (χ2v) is 10.9. The van der Waals surface area contributed by atoms with Crippen LogP contribution in [0.3, 0.4) is 0 Å². The Kier molecular flexibility index (Phi) is 6.93. The third-order valence-corrected chi connectivity index (χ3v) is 7.90. The van der Waals surface area contributed by atoms with Gasteiger partial charge in [0.05, 0.1) is 18.2 Å². The van der Waals surface area contributed by atoms with Crippen molar-refractivity contribution < 1.29 is 13.9 Å². The first-order chi connectivity index (χ1) is 16.8. The number of rotatable bonds is 3. The average Bonchev–Trinajstić information content (AvgIpc) is 2.86. The fourth-order valence-electron chi connectivity index (χ4n) is 5.74. The van der Waals surface area contributed by atoms with E-state index < -0.39 is 5.82 Å². The van der Waals surface area contributed by atoms with Gasteiger partial charge in [-0.1, -0.05) is 31.5 Å². The van der Waals surface area contributed by atoms with Crippen LogP contribution in [0, 0.1) is 5.82 Å². The number of halogens is 2. The Bertz CT molecular complexity index is 1080. The van der Waals surface area contributed by atoms with Crippen LogP contribution in [0.15, 0.2) is 36.4 Å². The number of nitrogens with one attached hydrogen (secondary N) is 1. The topological polar surface area (TPSA) is 48.1 Å². The summed E-state index contributed by atoms with van der Waals surface area (Å²) in [5, 5.41) is 2.87. The van der Waals surface area contributed by atoms with Crippen LogP contribution in [0.4, 0.5) is 20.6 Å². The molecule has 6 nitrogen and oxygen atoms in total.